The van der Waals surface area contributed by atoms with Gasteiger partial charge in [-0.15, -0.1) is 0 Å². The predicted molar refractivity (Wildman–Crippen MR) is 76.3 cm³/mol. The Labute approximate surface area is 119 Å². The van der Waals surface area contributed by atoms with E-state index >= 15 is 0 Å². The van der Waals surface area contributed by atoms with Crippen LogP contribution in [0.4, 0.5) is 11.6 Å². The molecule has 1 heterocycles. The maximum absolute atomic E-state index is 10.9. The molecule has 1 aromatic carbocycles. The minimum atomic E-state index is -0.101. The zero-order valence-electron chi connectivity index (χ0n) is 10.1. The molecular formula is C12H11ClN4OS. The topological polar surface area (TPSA) is 80.9 Å². The number of nitrogens with zero attached hydrogens (tertiary/aromatic N) is 2. The Kier molecular flexibility index (Phi) is 4.24. The van der Waals surface area contributed by atoms with Crippen LogP contribution >= 0.6 is 23.4 Å². The zero-order valence-corrected chi connectivity index (χ0v) is 11.6. The number of nitrogens with two attached hydrogens (primary N) is 1. The van der Waals surface area contributed by atoms with Crippen LogP contribution in [0.1, 0.15) is 6.92 Å². The molecule has 2 rings (SSSR count). The minimum absolute atomic E-state index is 0.101. The number of aromatic nitrogens is 2. The quantitative estimate of drug-likeness (QED) is 0.851. The summed E-state index contributed by atoms with van der Waals surface area (Å²) in [7, 11) is 0. The van der Waals surface area contributed by atoms with Crippen molar-refractivity contribution in [3.8, 4) is 0 Å². The maximum Gasteiger partial charge on any atom is 0.222 e. The largest absolute Gasteiger partial charge is 0.368 e. The van der Waals surface area contributed by atoms with Gasteiger partial charge in [0.2, 0.25) is 11.9 Å². The van der Waals surface area contributed by atoms with Crippen LogP contribution in [0.25, 0.3) is 0 Å². The van der Waals surface area contributed by atoms with Crippen molar-refractivity contribution < 1.29 is 4.79 Å². The Balaban J connectivity index is 2.12. The molecule has 0 aliphatic rings. The summed E-state index contributed by atoms with van der Waals surface area (Å²) >= 11 is 7.22. The summed E-state index contributed by atoms with van der Waals surface area (Å²) in [4.78, 5) is 19.7. The van der Waals surface area contributed by atoms with Crippen LogP contribution in [0.3, 0.4) is 0 Å². The van der Waals surface area contributed by atoms with Crippen LogP contribution in [0.15, 0.2) is 40.3 Å². The zero-order chi connectivity index (χ0) is 13.8. The molecule has 0 aliphatic carbocycles. The molecule has 5 nitrogen and oxygen atoms in total. The number of benzene rings is 1. The molecule has 0 unspecified atom stereocenters. The van der Waals surface area contributed by atoms with Gasteiger partial charge in [-0.3, -0.25) is 4.79 Å². The lowest BCUT2D eigenvalue weighted by Gasteiger charge is -2.05. The first-order chi connectivity index (χ1) is 9.02. The van der Waals surface area contributed by atoms with Crippen LogP contribution in [-0.4, -0.2) is 15.9 Å². The average molecular weight is 295 g/mol. The number of halogens is 1. The third kappa shape index (κ3) is 4.11. The number of rotatable bonds is 3. The number of hydrogen-bond acceptors (Lipinski definition) is 5. The van der Waals surface area contributed by atoms with Gasteiger partial charge >= 0.3 is 0 Å². The lowest BCUT2D eigenvalue weighted by Crippen LogP contribution is -2.05. The molecule has 2 aromatic rings. The van der Waals surface area contributed by atoms with Gasteiger partial charge in [0.25, 0.3) is 0 Å². The van der Waals surface area contributed by atoms with Crippen LogP contribution in [-0.2, 0) is 4.79 Å². The summed E-state index contributed by atoms with van der Waals surface area (Å²) in [5.41, 5.74) is 6.27. The molecule has 98 valence electrons. The van der Waals surface area contributed by atoms with E-state index in [9.17, 15) is 4.79 Å². The maximum atomic E-state index is 10.9. The van der Waals surface area contributed by atoms with Crippen LogP contribution < -0.4 is 11.1 Å². The van der Waals surface area contributed by atoms with E-state index in [1.54, 1.807) is 6.07 Å². The summed E-state index contributed by atoms with van der Waals surface area (Å²) < 4.78 is 0. The molecular weight excluding hydrogens is 284 g/mol. The van der Waals surface area contributed by atoms with E-state index < -0.39 is 0 Å². The SMILES string of the molecule is CC(=O)Nc1ccc(Sc2cc(Cl)nc(N)n2)cc1. The normalized spacial score (nSPS) is 10.2. The number of nitrogens with one attached hydrogen (secondary N) is 1. The number of carbonyl (C=O) groups excluding carboxylic acids is 1. The predicted octanol–water partition coefficient (Wildman–Crippen LogP) is 2.82. The first-order valence-electron chi connectivity index (χ1n) is 5.38. The van der Waals surface area contributed by atoms with E-state index in [1.807, 2.05) is 24.3 Å². The highest BCUT2D eigenvalue weighted by Crippen LogP contribution is 2.28. The van der Waals surface area contributed by atoms with Crippen LogP contribution in [0.5, 0.6) is 0 Å². The van der Waals surface area contributed by atoms with Crippen molar-refractivity contribution in [2.75, 3.05) is 11.1 Å². The fraction of sp³-hybridized carbons (Fsp3) is 0.0833. The van der Waals surface area contributed by atoms with Crippen molar-refractivity contribution in [2.45, 2.75) is 16.8 Å². The van der Waals surface area contributed by atoms with Gasteiger partial charge in [-0.2, -0.15) is 0 Å². The van der Waals surface area contributed by atoms with E-state index in [4.69, 9.17) is 17.3 Å². The number of anilines is 2. The summed E-state index contributed by atoms with van der Waals surface area (Å²) in [5, 5.41) is 3.68. The number of carbonyl (C=O) groups is 1. The van der Waals surface area contributed by atoms with Crippen LogP contribution in [0.2, 0.25) is 5.15 Å². The molecule has 0 saturated carbocycles. The fourth-order valence-corrected chi connectivity index (χ4v) is 2.47. The number of hydrogen-bond donors (Lipinski definition) is 2. The van der Waals surface area contributed by atoms with Crippen molar-refractivity contribution in [3.05, 3.63) is 35.5 Å². The Hall–Kier alpha value is -1.79. The summed E-state index contributed by atoms with van der Waals surface area (Å²) in [5.74, 6) is 0.0422. The molecule has 0 aliphatic heterocycles. The molecule has 19 heavy (non-hydrogen) atoms. The molecule has 7 heteroatoms. The second-order valence-electron chi connectivity index (χ2n) is 3.69. The van der Waals surface area contributed by atoms with Gasteiger partial charge in [-0.1, -0.05) is 23.4 Å². The van der Waals surface area contributed by atoms with Gasteiger partial charge in [0.1, 0.15) is 10.2 Å². The smallest absolute Gasteiger partial charge is 0.222 e. The van der Waals surface area contributed by atoms with Crippen molar-refractivity contribution in [1.29, 1.82) is 0 Å². The molecule has 0 fully saturated rings. The van der Waals surface area contributed by atoms with Gasteiger partial charge in [-0.25, -0.2) is 9.97 Å². The van der Waals surface area contributed by atoms with Gasteiger partial charge in [0.05, 0.1) is 0 Å². The number of amides is 1. The van der Waals surface area contributed by atoms with Gasteiger partial charge in [0, 0.05) is 23.6 Å². The summed E-state index contributed by atoms with van der Waals surface area (Å²) in [6.07, 6.45) is 0. The molecule has 0 bridgehead atoms. The molecule has 0 radical (unpaired) electrons. The molecule has 1 aromatic heterocycles. The Bertz CT molecular complexity index is 583. The molecule has 0 atom stereocenters. The highest BCUT2D eigenvalue weighted by molar-refractivity contribution is 7.99. The average Bonchev–Trinajstić information content (AvgIpc) is 2.29. The van der Waals surface area contributed by atoms with Gasteiger partial charge < -0.3 is 11.1 Å². The lowest BCUT2D eigenvalue weighted by atomic mass is 10.3. The van der Waals surface area contributed by atoms with Gasteiger partial charge in [-0.05, 0) is 24.3 Å². The van der Waals surface area contributed by atoms with E-state index in [2.05, 4.69) is 15.3 Å². The molecule has 0 spiro atoms. The number of nitrogen functional groups attached to an aromatic ring is 1. The summed E-state index contributed by atoms with van der Waals surface area (Å²) in [6.45, 7) is 1.47. The van der Waals surface area contributed by atoms with Crippen molar-refractivity contribution >= 4 is 40.9 Å². The van der Waals surface area contributed by atoms with E-state index in [0.29, 0.717) is 10.2 Å². The minimum Gasteiger partial charge on any atom is -0.368 e. The van der Waals surface area contributed by atoms with E-state index in [1.165, 1.54) is 18.7 Å². The fourth-order valence-electron chi connectivity index (χ4n) is 1.40. The highest BCUT2D eigenvalue weighted by Gasteiger charge is 2.03. The summed E-state index contributed by atoms with van der Waals surface area (Å²) in [6, 6.07) is 9.03. The Morgan fingerprint density at radius 1 is 1.32 bits per heavy atom. The third-order valence-electron chi connectivity index (χ3n) is 2.09. The Morgan fingerprint density at radius 3 is 2.58 bits per heavy atom. The standard InChI is InChI=1S/C12H11ClN4OS/c1-7(18)15-8-2-4-9(5-3-8)19-11-6-10(13)16-12(14)17-11/h2-6H,1H3,(H,15,18)(H2,14,16,17). The second kappa shape index (κ2) is 5.90. The third-order valence-corrected chi connectivity index (χ3v) is 3.21. The second-order valence-corrected chi connectivity index (χ2v) is 5.18. The van der Waals surface area contributed by atoms with Gasteiger partial charge in [0.15, 0.2) is 0 Å². The molecule has 3 N–H and O–H groups in total. The first-order valence-corrected chi connectivity index (χ1v) is 6.58. The van der Waals surface area contributed by atoms with Crippen molar-refractivity contribution in [1.82, 2.24) is 9.97 Å². The van der Waals surface area contributed by atoms with E-state index in [0.717, 1.165) is 10.6 Å². The lowest BCUT2D eigenvalue weighted by molar-refractivity contribution is -0.114. The van der Waals surface area contributed by atoms with Crippen LogP contribution in [0, 0.1) is 0 Å². The van der Waals surface area contributed by atoms with Crippen molar-refractivity contribution in [3.63, 3.8) is 0 Å². The monoisotopic (exact) mass is 294 g/mol. The molecule has 0 saturated heterocycles. The van der Waals surface area contributed by atoms with Crippen molar-refractivity contribution in [2.24, 2.45) is 0 Å². The first kappa shape index (κ1) is 13.6. The Morgan fingerprint density at radius 2 is 2.00 bits per heavy atom. The molecule has 1 amide bonds. The van der Waals surface area contributed by atoms with E-state index in [-0.39, 0.29) is 11.9 Å². The highest BCUT2D eigenvalue weighted by atomic mass is 35.5.